The standard InChI is InChI=1S/C22H24N2O3S3/c1-3-23(4-2)30(26,27)17-8-5-7-16(15-17)22(25)24-12-10-19-18(11-14-29-19)21(24)20-9-6-13-28-20/h5-9,11,13-15,21H,3-4,10,12H2,1-2H3. The van der Waals surface area contributed by atoms with Gasteiger partial charge in [0.05, 0.1) is 10.9 Å². The number of carbonyl (C=O) groups excluding carboxylic acids is 1. The Kier molecular flexibility index (Phi) is 6.11. The van der Waals surface area contributed by atoms with Crippen molar-refractivity contribution < 1.29 is 13.2 Å². The number of rotatable bonds is 6. The summed E-state index contributed by atoms with van der Waals surface area (Å²) in [5, 5.41) is 4.10. The number of sulfonamides is 1. The van der Waals surface area contributed by atoms with E-state index < -0.39 is 10.0 Å². The van der Waals surface area contributed by atoms with E-state index in [-0.39, 0.29) is 16.8 Å². The molecule has 0 spiro atoms. The lowest BCUT2D eigenvalue weighted by Gasteiger charge is -2.35. The van der Waals surface area contributed by atoms with Crippen molar-refractivity contribution in [2.75, 3.05) is 19.6 Å². The lowest BCUT2D eigenvalue weighted by atomic mass is 9.97. The van der Waals surface area contributed by atoms with E-state index in [0.29, 0.717) is 25.2 Å². The first-order valence-electron chi connectivity index (χ1n) is 9.98. The van der Waals surface area contributed by atoms with E-state index in [1.54, 1.807) is 40.9 Å². The van der Waals surface area contributed by atoms with Crippen LogP contribution in [0.4, 0.5) is 0 Å². The van der Waals surface area contributed by atoms with Crippen molar-refractivity contribution in [2.24, 2.45) is 0 Å². The van der Waals surface area contributed by atoms with Crippen molar-refractivity contribution >= 4 is 38.6 Å². The number of thiophene rings is 2. The molecule has 0 saturated carbocycles. The Morgan fingerprint density at radius 2 is 1.90 bits per heavy atom. The average Bonchev–Trinajstić information content (AvgIpc) is 3.45. The number of carbonyl (C=O) groups is 1. The number of hydrogen-bond acceptors (Lipinski definition) is 5. The van der Waals surface area contributed by atoms with Gasteiger partial charge in [0.15, 0.2) is 0 Å². The molecule has 0 saturated heterocycles. The van der Waals surface area contributed by atoms with E-state index >= 15 is 0 Å². The van der Waals surface area contributed by atoms with Gasteiger partial charge in [-0.3, -0.25) is 4.79 Å². The second-order valence-corrected chi connectivity index (χ2v) is 11.0. The van der Waals surface area contributed by atoms with Crippen LogP contribution in [0.2, 0.25) is 0 Å². The Hall–Kier alpha value is -2.00. The van der Waals surface area contributed by atoms with E-state index in [1.165, 1.54) is 20.8 Å². The molecular formula is C22H24N2O3S3. The molecule has 0 radical (unpaired) electrons. The molecule has 2 aromatic heterocycles. The fourth-order valence-electron chi connectivity index (χ4n) is 3.96. The fourth-order valence-corrected chi connectivity index (χ4v) is 7.22. The monoisotopic (exact) mass is 460 g/mol. The minimum Gasteiger partial charge on any atom is -0.326 e. The Morgan fingerprint density at radius 3 is 2.60 bits per heavy atom. The highest BCUT2D eigenvalue weighted by molar-refractivity contribution is 7.89. The third-order valence-corrected chi connectivity index (χ3v) is 9.43. The predicted molar refractivity (Wildman–Crippen MR) is 122 cm³/mol. The minimum absolute atomic E-state index is 0.129. The molecule has 3 aromatic rings. The molecule has 1 amide bonds. The van der Waals surface area contributed by atoms with Crippen LogP contribution in [0.3, 0.4) is 0 Å². The molecule has 1 atom stereocenters. The highest BCUT2D eigenvalue weighted by Crippen LogP contribution is 2.40. The summed E-state index contributed by atoms with van der Waals surface area (Å²) in [5.74, 6) is -0.137. The van der Waals surface area contributed by atoms with Crippen LogP contribution in [-0.4, -0.2) is 43.2 Å². The summed E-state index contributed by atoms with van der Waals surface area (Å²) in [6.07, 6.45) is 0.818. The maximum Gasteiger partial charge on any atom is 0.254 e. The number of benzene rings is 1. The lowest BCUT2D eigenvalue weighted by Crippen LogP contribution is -2.40. The summed E-state index contributed by atoms with van der Waals surface area (Å²) in [5.41, 5.74) is 1.58. The van der Waals surface area contributed by atoms with Crippen LogP contribution < -0.4 is 0 Å². The first-order valence-corrected chi connectivity index (χ1v) is 13.2. The summed E-state index contributed by atoms with van der Waals surface area (Å²) < 4.78 is 27.3. The van der Waals surface area contributed by atoms with Gasteiger partial charge in [0, 0.05) is 35.0 Å². The summed E-state index contributed by atoms with van der Waals surface area (Å²) in [6, 6.07) is 12.5. The zero-order valence-electron chi connectivity index (χ0n) is 16.9. The Bertz CT molecular complexity index is 1130. The van der Waals surface area contributed by atoms with Crippen molar-refractivity contribution in [3.8, 4) is 0 Å². The Balaban J connectivity index is 1.71. The molecule has 4 rings (SSSR count). The molecule has 8 heteroatoms. The third-order valence-electron chi connectivity index (χ3n) is 5.46. The SMILES string of the molecule is CCN(CC)S(=O)(=O)c1cccc(C(=O)N2CCc3sccc3C2c2cccs2)c1. The van der Waals surface area contributed by atoms with Gasteiger partial charge >= 0.3 is 0 Å². The molecule has 0 aliphatic carbocycles. The van der Waals surface area contributed by atoms with Crippen LogP contribution in [0.1, 0.15) is 45.6 Å². The van der Waals surface area contributed by atoms with Crippen molar-refractivity contribution in [1.82, 2.24) is 9.21 Å². The van der Waals surface area contributed by atoms with Crippen LogP contribution in [0.15, 0.2) is 58.1 Å². The molecule has 3 heterocycles. The molecule has 1 unspecified atom stereocenters. The second kappa shape index (κ2) is 8.63. The second-order valence-electron chi connectivity index (χ2n) is 7.08. The van der Waals surface area contributed by atoms with Crippen molar-refractivity contribution in [1.29, 1.82) is 0 Å². The van der Waals surface area contributed by atoms with Gasteiger partial charge in [-0.2, -0.15) is 4.31 Å². The quantitative estimate of drug-likeness (QED) is 0.539. The van der Waals surface area contributed by atoms with Gasteiger partial charge in [-0.1, -0.05) is 26.0 Å². The predicted octanol–water partition coefficient (Wildman–Crippen LogP) is 4.63. The highest BCUT2D eigenvalue weighted by Gasteiger charge is 2.34. The zero-order valence-corrected chi connectivity index (χ0v) is 19.4. The summed E-state index contributed by atoms with van der Waals surface area (Å²) in [6.45, 7) is 5.03. The van der Waals surface area contributed by atoms with Gasteiger partial charge in [0.25, 0.3) is 5.91 Å². The van der Waals surface area contributed by atoms with E-state index in [1.807, 2.05) is 30.2 Å². The molecule has 0 bridgehead atoms. The Morgan fingerprint density at radius 1 is 1.10 bits per heavy atom. The van der Waals surface area contributed by atoms with Gasteiger partial charge in [-0.25, -0.2) is 8.42 Å². The molecule has 30 heavy (non-hydrogen) atoms. The first kappa shape index (κ1) is 21.2. The molecule has 158 valence electrons. The molecular weight excluding hydrogens is 436 g/mol. The fraction of sp³-hybridized carbons (Fsp3) is 0.318. The van der Waals surface area contributed by atoms with Crippen molar-refractivity contribution in [2.45, 2.75) is 31.2 Å². The van der Waals surface area contributed by atoms with Crippen LogP contribution in [0.5, 0.6) is 0 Å². The average molecular weight is 461 g/mol. The van der Waals surface area contributed by atoms with Crippen LogP contribution in [0, 0.1) is 0 Å². The first-order chi connectivity index (χ1) is 14.5. The number of hydrogen-bond donors (Lipinski definition) is 0. The maximum atomic E-state index is 13.6. The topological polar surface area (TPSA) is 57.7 Å². The largest absolute Gasteiger partial charge is 0.326 e. The Labute approximate surface area is 185 Å². The molecule has 5 nitrogen and oxygen atoms in total. The summed E-state index contributed by atoms with van der Waals surface area (Å²) in [4.78, 5) is 18.0. The summed E-state index contributed by atoms with van der Waals surface area (Å²) >= 11 is 3.37. The minimum atomic E-state index is -3.62. The lowest BCUT2D eigenvalue weighted by molar-refractivity contribution is 0.0698. The van der Waals surface area contributed by atoms with E-state index in [0.717, 1.165) is 11.3 Å². The molecule has 1 aliphatic heterocycles. The van der Waals surface area contributed by atoms with Gasteiger partial charge in [-0.15, -0.1) is 22.7 Å². The van der Waals surface area contributed by atoms with Crippen LogP contribution >= 0.6 is 22.7 Å². The van der Waals surface area contributed by atoms with Gasteiger partial charge in [0.1, 0.15) is 0 Å². The van der Waals surface area contributed by atoms with Crippen LogP contribution in [0.25, 0.3) is 0 Å². The number of nitrogens with zero attached hydrogens (tertiary/aromatic N) is 2. The smallest absolute Gasteiger partial charge is 0.254 e. The molecule has 0 N–H and O–H groups in total. The summed E-state index contributed by atoms with van der Waals surface area (Å²) in [7, 11) is -3.62. The molecule has 0 fully saturated rings. The normalized spacial score (nSPS) is 16.6. The van der Waals surface area contributed by atoms with Gasteiger partial charge in [0.2, 0.25) is 10.0 Å². The van der Waals surface area contributed by atoms with Gasteiger partial charge in [-0.05, 0) is 53.1 Å². The molecule has 1 aliphatic rings. The zero-order chi connectivity index (χ0) is 21.3. The van der Waals surface area contributed by atoms with E-state index in [2.05, 4.69) is 17.5 Å². The van der Waals surface area contributed by atoms with Crippen molar-refractivity contribution in [3.63, 3.8) is 0 Å². The number of amides is 1. The maximum absolute atomic E-state index is 13.6. The van der Waals surface area contributed by atoms with E-state index in [9.17, 15) is 13.2 Å². The van der Waals surface area contributed by atoms with Crippen molar-refractivity contribution in [3.05, 3.63) is 74.1 Å². The number of fused-ring (bicyclic) bond motifs is 1. The highest BCUT2D eigenvalue weighted by atomic mass is 32.2. The third kappa shape index (κ3) is 3.73. The van der Waals surface area contributed by atoms with Gasteiger partial charge < -0.3 is 4.90 Å². The molecule has 1 aromatic carbocycles. The van der Waals surface area contributed by atoms with Crippen LogP contribution in [-0.2, 0) is 16.4 Å². The van der Waals surface area contributed by atoms with E-state index in [4.69, 9.17) is 0 Å².